The van der Waals surface area contributed by atoms with Crippen molar-refractivity contribution in [3.63, 3.8) is 0 Å². The summed E-state index contributed by atoms with van der Waals surface area (Å²) in [6.07, 6.45) is 0.311. The molecular formula is C15H18Cl2FN3OS. The van der Waals surface area contributed by atoms with E-state index in [4.69, 9.17) is 0 Å². The van der Waals surface area contributed by atoms with E-state index in [0.29, 0.717) is 6.42 Å². The molecule has 0 atom stereocenters. The third kappa shape index (κ3) is 5.14. The van der Waals surface area contributed by atoms with Gasteiger partial charge in [0.1, 0.15) is 10.8 Å². The average molecular weight is 378 g/mol. The first kappa shape index (κ1) is 19.8. The van der Waals surface area contributed by atoms with Crippen LogP contribution in [0.15, 0.2) is 29.6 Å². The lowest BCUT2D eigenvalue weighted by molar-refractivity contribution is -0.131. The third-order valence-corrected chi connectivity index (χ3v) is 4.37. The van der Waals surface area contributed by atoms with Gasteiger partial charge >= 0.3 is 0 Å². The van der Waals surface area contributed by atoms with Crippen molar-refractivity contribution in [2.45, 2.75) is 6.42 Å². The molecule has 2 heterocycles. The minimum Gasteiger partial charge on any atom is -0.340 e. The summed E-state index contributed by atoms with van der Waals surface area (Å²) in [5.41, 5.74) is 1.50. The van der Waals surface area contributed by atoms with E-state index in [1.807, 2.05) is 16.3 Å². The van der Waals surface area contributed by atoms with Crippen LogP contribution in [0.4, 0.5) is 4.39 Å². The van der Waals surface area contributed by atoms with E-state index in [2.05, 4.69) is 10.3 Å². The average Bonchev–Trinajstić information content (AvgIpc) is 2.97. The molecule has 1 saturated heterocycles. The van der Waals surface area contributed by atoms with Gasteiger partial charge in [-0.2, -0.15) is 0 Å². The quantitative estimate of drug-likeness (QED) is 0.894. The predicted molar refractivity (Wildman–Crippen MR) is 95.2 cm³/mol. The van der Waals surface area contributed by atoms with E-state index in [-0.39, 0.29) is 36.5 Å². The zero-order chi connectivity index (χ0) is 14.7. The first-order valence-electron chi connectivity index (χ1n) is 6.91. The standard InChI is InChI=1S/C15H16FN3OS.2ClH/c16-12-3-1-2-11(8-12)15-18-13(10-21-15)9-14(20)19-6-4-17-5-7-19;;/h1-3,8,10,17H,4-7,9H2;2*1H. The highest BCUT2D eigenvalue weighted by atomic mass is 35.5. The molecule has 2 aromatic rings. The molecule has 1 amide bonds. The molecule has 0 unspecified atom stereocenters. The van der Waals surface area contributed by atoms with Crippen molar-refractivity contribution in [1.29, 1.82) is 0 Å². The highest BCUT2D eigenvalue weighted by Crippen LogP contribution is 2.24. The van der Waals surface area contributed by atoms with E-state index in [0.717, 1.165) is 42.4 Å². The zero-order valence-corrected chi connectivity index (χ0v) is 14.8. The second-order valence-electron chi connectivity index (χ2n) is 4.96. The molecule has 4 nitrogen and oxygen atoms in total. The molecule has 1 aromatic heterocycles. The van der Waals surface area contributed by atoms with Gasteiger partial charge in [-0.15, -0.1) is 36.2 Å². The number of nitrogens with zero attached hydrogens (tertiary/aromatic N) is 2. The number of benzene rings is 1. The molecule has 0 saturated carbocycles. The molecule has 0 aliphatic carbocycles. The van der Waals surface area contributed by atoms with Crippen molar-refractivity contribution < 1.29 is 9.18 Å². The molecule has 1 aromatic carbocycles. The second-order valence-corrected chi connectivity index (χ2v) is 5.82. The molecule has 1 aliphatic heterocycles. The van der Waals surface area contributed by atoms with E-state index < -0.39 is 0 Å². The maximum atomic E-state index is 13.2. The van der Waals surface area contributed by atoms with Crippen molar-refractivity contribution in [2.24, 2.45) is 0 Å². The van der Waals surface area contributed by atoms with Crippen LogP contribution in [0.2, 0.25) is 0 Å². The molecule has 8 heteroatoms. The lowest BCUT2D eigenvalue weighted by Gasteiger charge is -2.27. The summed E-state index contributed by atoms with van der Waals surface area (Å²) in [4.78, 5) is 18.5. The Kier molecular flexibility index (Phi) is 7.91. The SMILES string of the molecule is Cl.Cl.O=C(Cc1csc(-c2cccc(F)c2)n1)N1CCNCC1. The molecular weight excluding hydrogens is 360 g/mol. The van der Waals surface area contributed by atoms with E-state index in [1.54, 1.807) is 6.07 Å². The van der Waals surface area contributed by atoms with Gasteiger partial charge in [0.2, 0.25) is 5.91 Å². The minimum absolute atomic E-state index is 0. The normalized spacial score (nSPS) is 13.9. The van der Waals surface area contributed by atoms with E-state index in [1.165, 1.54) is 23.5 Å². The highest BCUT2D eigenvalue weighted by molar-refractivity contribution is 7.13. The summed E-state index contributed by atoms with van der Waals surface area (Å²) in [7, 11) is 0. The second kappa shape index (κ2) is 9.17. The van der Waals surface area contributed by atoms with Crippen LogP contribution in [0, 0.1) is 5.82 Å². The van der Waals surface area contributed by atoms with Crippen LogP contribution in [-0.4, -0.2) is 42.0 Å². The molecule has 1 fully saturated rings. The number of piperazine rings is 1. The Bertz CT molecular complexity index is 647. The van der Waals surface area contributed by atoms with Crippen LogP contribution in [-0.2, 0) is 11.2 Å². The van der Waals surface area contributed by atoms with E-state index >= 15 is 0 Å². The van der Waals surface area contributed by atoms with Crippen molar-refractivity contribution in [1.82, 2.24) is 15.2 Å². The summed E-state index contributed by atoms with van der Waals surface area (Å²) in [5.74, 6) is -0.172. The number of hydrogen-bond acceptors (Lipinski definition) is 4. The van der Waals surface area contributed by atoms with Gasteiger partial charge in [0.05, 0.1) is 12.1 Å². The van der Waals surface area contributed by atoms with Crippen molar-refractivity contribution in [2.75, 3.05) is 26.2 Å². The Labute approximate surface area is 150 Å². The largest absolute Gasteiger partial charge is 0.340 e. The number of carbonyl (C=O) groups excluding carboxylic acids is 1. The van der Waals surface area contributed by atoms with Gasteiger partial charge in [-0.1, -0.05) is 12.1 Å². The number of aromatic nitrogens is 1. The number of amides is 1. The zero-order valence-electron chi connectivity index (χ0n) is 12.3. The number of nitrogens with one attached hydrogen (secondary N) is 1. The number of halogens is 3. The first-order valence-corrected chi connectivity index (χ1v) is 7.79. The summed E-state index contributed by atoms with van der Waals surface area (Å²) < 4.78 is 13.2. The highest BCUT2D eigenvalue weighted by Gasteiger charge is 2.17. The fourth-order valence-electron chi connectivity index (χ4n) is 2.32. The van der Waals surface area contributed by atoms with Crippen molar-refractivity contribution >= 4 is 42.1 Å². The Morgan fingerprint density at radius 3 is 2.74 bits per heavy atom. The van der Waals surface area contributed by atoms with Crippen LogP contribution in [0.5, 0.6) is 0 Å². The molecule has 1 N–H and O–H groups in total. The minimum atomic E-state index is -0.277. The fraction of sp³-hybridized carbons (Fsp3) is 0.333. The fourth-order valence-corrected chi connectivity index (χ4v) is 3.14. The molecule has 0 spiro atoms. The van der Waals surface area contributed by atoms with Gasteiger partial charge in [0.25, 0.3) is 0 Å². The molecule has 1 aliphatic rings. The van der Waals surface area contributed by atoms with Crippen LogP contribution in [0.1, 0.15) is 5.69 Å². The predicted octanol–water partition coefficient (Wildman–Crippen LogP) is 2.77. The molecule has 0 radical (unpaired) electrons. The topological polar surface area (TPSA) is 45.2 Å². The van der Waals surface area contributed by atoms with Crippen molar-refractivity contribution in [3.05, 3.63) is 41.2 Å². The molecule has 126 valence electrons. The van der Waals surface area contributed by atoms with Crippen LogP contribution < -0.4 is 5.32 Å². The summed E-state index contributed by atoms with van der Waals surface area (Å²) in [5, 5.41) is 5.84. The lowest BCUT2D eigenvalue weighted by Crippen LogP contribution is -2.46. The number of hydrogen-bond donors (Lipinski definition) is 1. The smallest absolute Gasteiger partial charge is 0.228 e. The third-order valence-electron chi connectivity index (χ3n) is 3.43. The summed E-state index contributed by atoms with van der Waals surface area (Å²) >= 11 is 1.44. The Morgan fingerprint density at radius 1 is 1.30 bits per heavy atom. The molecule has 23 heavy (non-hydrogen) atoms. The summed E-state index contributed by atoms with van der Waals surface area (Å²) in [6, 6.07) is 6.36. The Hall–Kier alpha value is -1.21. The maximum absolute atomic E-state index is 13.2. The lowest BCUT2D eigenvalue weighted by atomic mass is 10.2. The Balaban J connectivity index is 0.00000132. The summed E-state index contributed by atoms with van der Waals surface area (Å²) in [6.45, 7) is 3.19. The van der Waals surface area contributed by atoms with Crippen LogP contribution in [0.25, 0.3) is 10.6 Å². The van der Waals surface area contributed by atoms with Gasteiger partial charge < -0.3 is 10.2 Å². The van der Waals surface area contributed by atoms with E-state index in [9.17, 15) is 9.18 Å². The van der Waals surface area contributed by atoms with Gasteiger partial charge in [-0.05, 0) is 12.1 Å². The number of thiazole rings is 1. The monoisotopic (exact) mass is 377 g/mol. The molecule has 0 bridgehead atoms. The van der Waals surface area contributed by atoms with Crippen LogP contribution >= 0.6 is 36.2 Å². The first-order chi connectivity index (χ1) is 10.2. The number of rotatable bonds is 3. The van der Waals surface area contributed by atoms with Gasteiger partial charge in [-0.3, -0.25) is 4.79 Å². The maximum Gasteiger partial charge on any atom is 0.228 e. The molecule has 3 rings (SSSR count). The van der Waals surface area contributed by atoms with Gasteiger partial charge in [0, 0.05) is 37.1 Å². The van der Waals surface area contributed by atoms with Crippen molar-refractivity contribution in [3.8, 4) is 10.6 Å². The van der Waals surface area contributed by atoms with Gasteiger partial charge in [0.15, 0.2) is 0 Å². The van der Waals surface area contributed by atoms with Crippen LogP contribution in [0.3, 0.4) is 0 Å². The van der Waals surface area contributed by atoms with Gasteiger partial charge in [-0.25, -0.2) is 9.37 Å². The number of carbonyl (C=O) groups is 1. The Morgan fingerprint density at radius 2 is 2.04 bits per heavy atom.